The van der Waals surface area contributed by atoms with E-state index in [1.165, 1.54) is 25.7 Å². The summed E-state index contributed by atoms with van der Waals surface area (Å²) < 4.78 is 6.27. The first-order chi connectivity index (χ1) is 10.5. The maximum Gasteiger partial charge on any atom is 0.312 e. The number of carbonyl (C=O) groups is 1. The third-order valence-corrected chi connectivity index (χ3v) is 6.69. The van der Waals surface area contributed by atoms with Crippen LogP contribution in [0.15, 0.2) is 0 Å². The average molecular weight is 325 g/mol. The monoisotopic (exact) mass is 324 g/mol. The molecule has 0 aromatic heterocycles. The molecule has 3 atom stereocenters. The number of carbonyl (C=O) groups excluding carboxylic acids is 1. The molecule has 1 rings (SSSR count). The van der Waals surface area contributed by atoms with Crippen molar-refractivity contribution >= 4 is 5.97 Å². The second kappa shape index (κ2) is 7.57. The third-order valence-electron chi connectivity index (χ3n) is 6.69. The maximum absolute atomic E-state index is 13.0. The van der Waals surface area contributed by atoms with Crippen molar-refractivity contribution < 1.29 is 9.53 Å². The molecule has 2 heteroatoms. The van der Waals surface area contributed by atoms with E-state index in [1.54, 1.807) is 0 Å². The Bertz CT molecular complexity index is 391. The van der Waals surface area contributed by atoms with Gasteiger partial charge in [-0.25, -0.2) is 0 Å². The third kappa shape index (κ3) is 4.73. The Morgan fingerprint density at radius 1 is 1.17 bits per heavy atom. The van der Waals surface area contributed by atoms with Crippen molar-refractivity contribution in [3.8, 4) is 0 Å². The van der Waals surface area contributed by atoms with E-state index in [0.29, 0.717) is 5.92 Å². The maximum atomic E-state index is 13.0. The largest absolute Gasteiger partial charge is 0.459 e. The molecule has 0 saturated heterocycles. The molecule has 0 bridgehead atoms. The standard InChI is InChI=1S/C21H40O2/c1-9-12-17-15-16(10-2)13-11-14-21(17,8)23-18(22)20(6,7)19(3,4)5/h16-17H,9-15H2,1-8H3. The van der Waals surface area contributed by atoms with E-state index in [0.717, 1.165) is 25.2 Å². The van der Waals surface area contributed by atoms with Gasteiger partial charge in [-0.3, -0.25) is 4.79 Å². The molecule has 0 N–H and O–H groups in total. The zero-order valence-electron chi connectivity index (χ0n) is 16.9. The van der Waals surface area contributed by atoms with Gasteiger partial charge in [0.1, 0.15) is 5.60 Å². The predicted molar refractivity (Wildman–Crippen MR) is 98.4 cm³/mol. The lowest BCUT2D eigenvalue weighted by Crippen LogP contribution is -2.46. The van der Waals surface area contributed by atoms with Crippen LogP contribution in [0.3, 0.4) is 0 Å². The summed E-state index contributed by atoms with van der Waals surface area (Å²) >= 11 is 0. The topological polar surface area (TPSA) is 26.3 Å². The Hall–Kier alpha value is -0.530. The number of rotatable bonds is 5. The molecule has 0 heterocycles. The number of hydrogen-bond acceptors (Lipinski definition) is 2. The molecular weight excluding hydrogens is 284 g/mol. The van der Waals surface area contributed by atoms with Crippen molar-refractivity contribution in [2.24, 2.45) is 22.7 Å². The molecule has 2 nitrogen and oxygen atoms in total. The quantitative estimate of drug-likeness (QED) is 0.433. The van der Waals surface area contributed by atoms with Gasteiger partial charge in [-0.1, -0.05) is 53.9 Å². The highest BCUT2D eigenvalue weighted by molar-refractivity contribution is 5.77. The molecule has 0 aromatic carbocycles. The Kier molecular flexibility index (Phi) is 6.75. The van der Waals surface area contributed by atoms with Gasteiger partial charge in [-0.2, -0.15) is 0 Å². The van der Waals surface area contributed by atoms with Crippen LogP contribution in [-0.2, 0) is 9.53 Å². The molecule has 1 saturated carbocycles. The van der Waals surface area contributed by atoms with Gasteiger partial charge in [0.15, 0.2) is 0 Å². The molecule has 136 valence electrons. The van der Waals surface area contributed by atoms with Gasteiger partial charge in [0.05, 0.1) is 5.41 Å². The van der Waals surface area contributed by atoms with Crippen LogP contribution in [0.2, 0.25) is 0 Å². The van der Waals surface area contributed by atoms with Gasteiger partial charge < -0.3 is 4.74 Å². The Morgan fingerprint density at radius 3 is 2.26 bits per heavy atom. The molecule has 0 radical (unpaired) electrons. The molecule has 23 heavy (non-hydrogen) atoms. The summed E-state index contributed by atoms with van der Waals surface area (Å²) in [6.45, 7) is 17.2. The summed E-state index contributed by atoms with van der Waals surface area (Å²) in [6, 6.07) is 0. The van der Waals surface area contributed by atoms with Crippen molar-refractivity contribution in [1.29, 1.82) is 0 Å². The van der Waals surface area contributed by atoms with Crippen molar-refractivity contribution in [2.75, 3.05) is 0 Å². The molecule has 0 spiro atoms. The van der Waals surface area contributed by atoms with Crippen LogP contribution >= 0.6 is 0 Å². The van der Waals surface area contributed by atoms with Gasteiger partial charge in [0, 0.05) is 0 Å². The van der Waals surface area contributed by atoms with Crippen LogP contribution in [0.1, 0.15) is 100 Å². The second-order valence-electron chi connectivity index (χ2n) is 9.46. The minimum atomic E-state index is -0.469. The van der Waals surface area contributed by atoms with Crippen LogP contribution in [0, 0.1) is 22.7 Å². The first-order valence-electron chi connectivity index (χ1n) is 9.71. The fraction of sp³-hybridized carbons (Fsp3) is 0.952. The summed E-state index contributed by atoms with van der Waals surface area (Å²) in [5.41, 5.74) is -0.861. The van der Waals surface area contributed by atoms with Gasteiger partial charge in [-0.05, 0) is 63.7 Å². The lowest BCUT2D eigenvalue weighted by Gasteiger charge is -2.42. The fourth-order valence-corrected chi connectivity index (χ4v) is 3.64. The minimum Gasteiger partial charge on any atom is -0.459 e. The first kappa shape index (κ1) is 20.5. The first-order valence-corrected chi connectivity index (χ1v) is 9.71. The molecule has 0 aromatic rings. The van der Waals surface area contributed by atoms with E-state index < -0.39 is 5.41 Å². The number of ether oxygens (including phenoxy) is 1. The highest BCUT2D eigenvalue weighted by Crippen LogP contribution is 2.45. The molecular formula is C21H40O2. The predicted octanol–water partition coefficient (Wildman–Crippen LogP) is 6.38. The van der Waals surface area contributed by atoms with E-state index in [9.17, 15) is 4.79 Å². The van der Waals surface area contributed by atoms with Gasteiger partial charge in [-0.15, -0.1) is 0 Å². The van der Waals surface area contributed by atoms with E-state index in [2.05, 4.69) is 41.5 Å². The summed E-state index contributed by atoms with van der Waals surface area (Å²) in [5.74, 6) is 1.27. The van der Waals surface area contributed by atoms with Crippen molar-refractivity contribution in [3.05, 3.63) is 0 Å². The Labute approximate surface area is 144 Å². The van der Waals surface area contributed by atoms with Crippen LogP contribution in [0.25, 0.3) is 0 Å². The van der Waals surface area contributed by atoms with E-state index in [4.69, 9.17) is 4.74 Å². The van der Waals surface area contributed by atoms with E-state index in [1.807, 2.05) is 13.8 Å². The van der Waals surface area contributed by atoms with Crippen LogP contribution in [-0.4, -0.2) is 11.6 Å². The molecule has 0 aliphatic heterocycles. The average Bonchev–Trinajstić information content (AvgIpc) is 2.58. The highest BCUT2D eigenvalue weighted by Gasteiger charge is 2.46. The van der Waals surface area contributed by atoms with Crippen molar-refractivity contribution in [3.63, 3.8) is 0 Å². The second-order valence-corrected chi connectivity index (χ2v) is 9.46. The molecule has 1 fully saturated rings. The van der Waals surface area contributed by atoms with Crippen LogP contribution in [0.4, 0.5) is 0 Å². The Balaban J connectivity index is 2.98. The Morgan fingerprint density at radius 2 is 1.78 bits per heavy atom. The fourth-order valence-electron chi connectivity index (χ4n) is 3.64. The number of esters is 1. The molecule has 0 amide bonds. The lowest BCUT2D eigenvalue weighted by atomic mass is 9.69. The normalized spacial score (nSPS) is 29.9. The summed E-state index contributed by atoms with van der Waals surface area (Å²) in [4.78, 5) is 13.0. The summed E-state index contributed by atoms with van der Waals surface area (Å²) in [5, 5.41) is 0. The lowest BCUT2D eigenvalue weighted by molar-refractivity contribution is -0.182. The van der Waals surface area contributed by atoms with Crippen LogP contribution < -0.4 is 0 Å². The highest BCUT2D eigenvalue weighted by atomic mass is 16.6. The van der Waals surface area contributed by atoms with Crippen molar-refractivity contribution in [1.82, 2.24) is 0 Å². The number of hydrogen-bond donors (Lipinski definition) is 0. The molecule has 3 unspecified atom stereocenters. The van der Waals surface area contributed by atoms with Gasteiger partial charge in [0.2, 0.25) is 0 Å². The van der Waals surface area contributed by atoms with Crippen LogP contribution in [0.5, 0.6) is 0 Å². The summed E-state index contributed by atoms with van der Waals surface area (Å²) in [7, 11) is 0. The van der Waals surface area contributed by atoms with Crippen molar-refractivity contribution in [2.45, 2.75) is 106 Å². The van der Waals surface area contributed by atoms with E-state index >= 15 is 0 Å². The zero-order chi connectivity index (χ0) is 17.9. The smallest absolute Gasteiger partial charge is 0.312 e. The zero-order valence-corrected chi connectivity index (χ0v) is 16.9. The molecule has 1 aliphatic carbocycles. The molecule has 1 aliphatic rings. The summed E-state index contributed by atoms with van der Waals surface area (Å²) in [6.07, 6.45) is 8.26. The SMILES string of the molecule is CCCC1CC(CC)CCCC1(C)OC(=O)C(C)(C)C(C)(C)C. The minimum absolute atomic E-state index is 0.0245. The van der Waals surface area contributed by atoms with E-state index in [-0.39, 0.29) is 17.0 Å². The van der Waals surface area contributed by atoms with Gasteiger partial charge >= 0.3 is 5.97 Å². The van der Waals surface area contributed by atoms with Gasteiger partial charge in [0.25, 0.3) is 0 Å².